The predicted octanol–water partition coefficient (Wildman–Crippen LogP) is 5.78. The van der Waals surface area contributed by atoms with E-state index in [4.69, 9.17) is 23.2 Å². The van der Waals surface area contributed by atoms with E-state index in [1.54, 1.807) is 41.2 Å². The lowest BCUT2D eigenvalue weighted by atomic mass is 10.1. The number of carbonyl (C=O) groups excluding carboxylic acids is 1. The number of hydrogen-bond donors (Lipinski definition) is 2. The topological polar surface area (TPSA) is 75.6 Å². The van der Waals surface area contributed by atoms with E-state index < -0.39 is 5.91 Å². The van der Waals surface area contributed by atoms with Crippen LogP contribution >= 0.6 is 39.1 Å². The molecule has 0 bridgehead atoms. The zero-order valence-corrected chi connectivity index (χ0v) is 18.3. The molecule has 4 rings (SSSR count). The van der Waals surface area contributed by atoms with Crippen LogP contribution in [0.2, 0.25) is 10.0 Å². The molecule has 1 amide bonds. The summed E-state index contributed by atoms with van der Waals surface area (Å²) in [7, 11) is 0. The van der Waals surface area contributed by atoms with Crippen LogP contribution in [0, 0.1) is 5.82 Å². The molecule has 0 atom stereocenters. The van der Waals surface area contributed by atoms with E-state index in [9.17, 15) is 9.18 Å². The highest BCUT2D eigenvalue weighted by Crippen LogP contribution is 2.25. The molecule has 2 N–H and O–H groups in total. The smallest absolute Gasteiger partial charge is 0.274 e. The fourth-order valence-corrected chi connectivity index (χ4v) is 3.50. The maximum absolute atomic E-state index is 13.1. The Labute approximate surface area is 189 Å². The van der Waals surface area contributed by atoms with Gasteiger partial charge in [0.05, 0.1) is 26.8 Å². The minimum Gasteiger partial charge on any atom is -0.303 e. The molecule has 152 valence electrons. The zero-order valence-electron chi connectivity index (χ0n) is 15.2. The van der Waals surface area contributed by atoms with Crippen molar-refractivity contribution in [3.63, 3.8) is 0 Å². The highest BCUT2D eigenvalue weighted by atomic mass is 79.9. The van der Waals surface area contributed by atoms with E-state index in [0.29, 0.717) is 38.1 Å². The summed E-state index contributed by atoms with van der Waals surface area (Å²) < 4.78 is 15.4. The first-order valence-electron chi connectivity index (χ1n) is 8.68. The van der Waals surface area contributed by atoms with Gasteiger partial charge in [-0.05, 0) is 64.0 Å². The fraction of sp³-hybridized carbons (Fsp3) is 0.0500. The Morgan fingerprint density at radius 2 is 1.90 bits per heavy atom. The molecule has 0 aliphatic rings. The Kier molecular flexibility index (Phi) is 5.90. The average Bonchev–Trinajstić information content (AvgIpc) is 3.33. The van der Waals surface area contributed by atoms with Crippen LogP contribution in [0.1, 0.15) is 16.1 Å². The highest BCUT2D eigenvalue weighted by molar-refractivity contribution is 9.10. The number of nitrogens with zero attached hydrogens (tertiary/aromatic N) is 3. The summed E-state index contributed by atoms with van der Waals surface area (Å²) >= 11 is 15.4. The van der Waals surface area contributed by atoms with Crippen molar-refractivity contribution in [1.29, 1.82) is 0 Å². The maximum Gasteiger partial charge on any atom is 0.274 e. The van der Waals surface area contributed by atoms with Gasteiger partial charge in [-0.1, -0.05) is 29.3 Å². The lowest BCUT2D eigenvalue weighted by Crippen LogP contribution is -2.13. The number of nitrogens with one attached hydrogen (secondary N) is 2. The second-order valence-electron chi connectivity index (χ2n) is 6.40. The number of halogens is 4. The first kappa shape index (κ1) is 20.6. The first-order chi connectivity index (χ1) is 14.4. The third-order valence-electron chi connectivity index (χ3n) is 4.24. The SMILES string of the molecule is O=C(Nc1nn(Cc2ccc(Cl)c(Cl)c2)cc1Br)c1cc(-c2ccc(F)cc2)n[nH]1. The third kappa shape index (κ3) is 4.56. The summed E-state index contributed by atoms with van der Waals surface area (Å²) in [6.07, 6.45) is 1.75. The normalized spacial score (nSPS) is 10.9. The summed E-state index contributed by atoms with van der Waals surface area (Å²) in [4.78, 5) is 12.6. The van der Waals surface area contributed by atoms with Crippen molar-refractivity contribution in [2.75, 3.05) is 5.32 Å². The molecule has 2 aromatic carbocycles. The number of aromatic amines is 1. The van der Waals surface area contributed by atoms with Crippen LogP contribution in [0.25, 0.3) is 11.3 Å². The number of H-pyrrole nitrogens is 1. The van der Waals surface area contributed by atoms with Crippen molar-refractivity contribution in [1.82, 2.24) is 20.0 Å². The number of benzene rings is 2. The molecule has 0 radical (unpaired) electrons. The first-order valence-corrected chi connectivity index (χ1v) is 10.2. The largest absolute Gasteiger partial charge is 0.303 e. The van der Waals surface area contributed by atoms with Gasteiger partial charge in [-0.2, -0.15) is 10.2 Å². The molecule has 2 heterocycles. The summed E-state index contributed by atoms with van der Waals surface area (Å²) in [6, 6.07) is 12.8. The van der Waals surface area contributed by atoms with E-state index >= 15 is 0 Å². The Morgan fingerprint density at radius 3 is 2.63 bits per heavy atom. The molecule has 10 heteroatoms. The lowest BCUT2D eigenvalue weighted by molar-refractivity contribution is 0.102. The van der Waals surface area contributed by atoms with Crippen LogP contribution < -0.4 is 5.32 Å². The molecular formula is C20H13BrCl2FN5O. The van der Waals surface area contributed by atoms with Crippen LogP contribution in [0.3, 0.4) is 0 Å². The molecule has 0 unspecified atom stereocenters. The summed E-state index contributed by atoms with van der Waals surface area (Å²) in [5.41, 5.74) is 2.39. The van der Waals surface area contributed by atoms with E-state index in [-0.39, 0.29) is 11.5 Å². The van der Waals surface area contributed by atoms with Crippen LogP contribution in [0.15, 0.2) is 59.2 Å². The molecule has 2 aromatic heterocycles. The Hall–Kier alpha value is -2.68. The van der Waals surface area contributed by atoms with Gasteiger partial charge in [0, 0.05) is 11.8 Å². The highest BCUT2D eigenvalue weighted by Gasteiger charge is 2.15. The molecule has 0 saturated heterocycles. The van der Waals surface area contributed by atoms with Crippen LogP contribution in [-0.2, 0) is 6.54 Å². The molecule has 6 nitrogen and oxygen atoms in total. The zero-order chi connectivity index (χ0) is 21.3. The van der Waals surface area contributed by atoms with Crippen LogP contribution in [0.5, 0.6) is 0 Å². The van der Waals surface area contributed by atoms with Gasteiger partial charge in [-0.15, -0.1) is 0 Å². The number of amides is 1. The molecule has 0 aliphatic heterocycles. The van der Waals surface area contributed by atoms with E-state index in [1.165, 1.54) is 12.1 Å². The number of carbonyl (C=O) groups is 1. The number of rotatable bonds is 5. The predicted molar refractivity (Wildman–Crippen MR) is 117 cm³/mol. The fourth-order valence-electron chi connectivity index (χ4n) is 2.77. The van der Waals surface area contributed by atoms with Crippen molar-refractivity contribution >= 4 is 50.9 Å². The van der Waals surface area contributed by atoms with Crippen molar-refractivity contribution in [3.05, 3.63) is 86.3 Å². The van der Waals surface area contributed by atoms with Crippen molar-refractivity contribution in [2.45, 2.75) is 6.54 Å². The van der Waals surface area contributed by atoms with Gasteiger partial charge < -0.3 is 5.32 Å². The summed E-state index contributed by atoms with van der Waals surface area (Å²) in [5, 5.41) is 14.9. The molecule has 0 saturated carbocycles. The second kappa shape index (κ2) is 8.59. The Morgan fingerprint density at radius 1 is 1.13 bits per heavy atom. The minimum absolute atomic E-state index is 0.250. The van der Waals surface area contributed by atoms with Crippen molar-refractivity contribution in [2.24, 2.45) is 0 Å². The summed E-state index contributed by atoms with van der Waals surface area (Å²) in [6.45, 7) is 0.449. The molecule has 30 heavy (non-hydrogen) atoms. The van der Waals surface area contributed by atoms with Gasteiger partial charge in [0.25, 0.3) is 5.91 Å². The Bertz CT molecular complexity index is 1220. The second-order valence-corrected chi connectivity index (χ2v) is 8.07. The lowest BCUT2D eigenvalue weighted by Gasteiger charge is -2.04. The van der Waals surface area contributed by atoms with Crippen LogP contribution in [0.4, 0.5) is 10.2 Å². The van der Waals surface area contributed by atoms with E-state index in [2.05, 4.69) is 36.5 Å². The maximum atomic E-state index is 13.1. The van der Waals surface area contributed by atoms with Crippen molar-refractivity contribution < 1.29 is 9.18 Å². The molecule has 0 fully saturated rings. The van der Waals surface area contributed by atoms with Gasteiger partial charge in [-0.3, -0.25) is 14.6 Å². The molecule has 4 aromatic rings. The summed E-state index contributed by atoms with van der Waals surface area (Å²) in [5.74, 6) is -0.386. The molecule has 0 aliphatic carbocycles. The van der Waals surface area contributed by atoms with E-state index in [0.717, 1.165) is 5.56 Å². The van der Waals surface area contributed by atoms with Gasteiger partial charge in [-0.25, -0.2) is 4.39 Å². The minimum atomic E-state index is -0.406. The van der Waals surface area contributed by atoms with Gasteiger partial charge in [0.1, 0.15) is 11.5 Å². The quantitative estimate of drug-likeness (QED) is 0.358. The van der Waals surface area contributed by atoms with E-state index in [1.807, 2.05) is 6.07 Å². The third-order valence-corrected chi connectivity index (χ3v) is 5.56. The molecular weight excluding hydrogens is 496 g/mol. The van der Waals surface area contributed by atoms with Crippen LogP contribution in [-0.4, -0.2) is 25.9 Å². The number of hydrogen-bond acceptors (Lipinski definition) is 3. The number of anilines is 1. The Balaban J connectivity index is 1.47. The van der Waals surface area contributed by atoms with Gasteiger partial charge in [0.15, 0.2) is 5.82 Å². The molecule has 0 spiro atoms. The monoisotopic (exact) mass is 507 g/mol. The van der Waals surface area contributed by atoms with Crippen molar-refractivity contribution in [3.8, 4) is 11.3 Å². The van der Waals surface area contributed by atoms with Gasteiger partial charge >= 0.3 is 0 Å². The average molecular weight is 509 g/mol. The number of aromatic nitrogens is 4. The standard InChI is InChI=1S/C20H13BrCl2FN5O/c21-14-10-29(9-11-1-6-15(22)16(23)7-11)28-19(14)25-20(30)18-8-17(26-27-18)12-2-4-13(24)5-3-12/h1-8,10H,9H2,(H,26,27)(H,25,28,30). The van der Waals surface area contributed by atoms with Gasteiger partial charge in [0.2, 0.25) is 0 Å².